The zero-order valence-corrected chi connectivity index (χ0v) is 8.05. The first-order chi connectivity index (χ1) is 5.45. The van der Waals surface area contributed by atoms with Crippen LogP contribution in [0.15, 0.2) is 0 Å². The van der Waals surface area contributed by atoms with Gasteiger partial charge in [-0.3, -0.25) is 0 Å². The summed E-state index contributed by atoms with van der Waals surface area (Å²) in [4.78, 5) is 10.8. The van der Waals surface area contributed by atoms with Gasteiger partial charge in [0.2, 0.25) is 0 Å². The predicted molar refractivity (Wildman–Crippen MR) is 46.7 cm³/mol. The van der Waals surface area contributed by atoms with E-state index in [4.69, 9.17) is 4.74 Å². The minimum absolute atomic E-state index is 0.0104. The molecular formula is C9H17O3. The molecule has 0 amide bonds. The largest absolute Gasteiger partial charge is 0.508 e. The van der Waals surface area contributed by atoms with E-state index in [2.05, 4.69) is 11.7 Å². The van der Waals surface area contributed by atoms with Crippen molar-refractivity contribution in [1.29, 1.82) is 0 Å². The zero-order valence-electron chi connectivity index (χ0n) is 8.05. The van der Waals surface area contributed by atoms with Gasteiger partial charge in [0.25, 0.3) is 0 Å². The van der Waals surface area contributed by atoms with Crippen molar-refractivity contribution in [3.05, 3.63) is 6.92 Å². The molecule has 0 saturated heterocycles. The molecule has 12 heavy (non-hydrogen) atoms. The molecule has 0 aliphatic carbocycles. The molecule has 1 radical (unpaired) electrons. The number of rotatable bonds is 3. The normalized spacial score (nSPS) is 11.0. The SMILES string of the molecule is [CH2]CCOC(=O)OCC(C)(C)C. The Kier molecular flexibility index (Phi) is 4.71. The van der Waals surface area contributed by atoms with Crippen LogP contribution in [-0.4, -0.2) is 19.4 Å². The quantitative estimate of drug-likeness (QED) is 0.615. The van der Waals surface area contributed by atoms with E-state index in [-0.39, 0.29) is 5.41 Å². The molecule has 0 heterocycles. The predicted octanol–water partition coefficient (Wildman–Crippen LogP) is 2.41. The fraction of sp³-hybridized carbons (Fsp3) is 0.778. The second kappa shape index (κ2) is 5.01. The standard InChI is InChI=1S/C9H17O3/c1-5-6-11-8(10)12-7-9(2,3)4/h1,5-7H2,2-4H3. The molecule has 0 atom stereocenters. The molecule has 0 fully saturated rings. The van der Waals surface area contributed by atoms with Crippen LogP contribution in [-0.2, 0) is 9.47 Å². The summed E-state index contributed by atoms with van der Waals surface area (Å²) in [5.74, 6) is 0. The van der Waals surface area contributed by atoms with Crippen LogP contribution in [0.3, 0.4) is 0 Å². The lowest BCUT2D eigenvalue weighted by atomic mass is 9.99. The summed E-state index contributed by atoms with van der Waals surface area (Å²) in [7, 11) is 0. The van der Waals surface area contributed by atoms with Crippen LogP contribution in [0.2, 0.25) is 0 Å². The molecular weight excluding hydrogens is 156 g/mol. The van der Waals surface area contributed by atoms with Gasteiger partial charge in [-0.05, 0) is 18.8 Å². The van der Waals surface area contributed by atoms with Crippen molar-refractivity contribution in [3.63, 3.8) is 0 Å². The van der Waals surface area contributed by atoms with Crippen molar-refractivity contribution in [2.75, 3.05) is 13.2 Å². The molecule has 0 N–H and O–H groups in total. The van der Waals surface area contributed by atoms with Crippen LogP contribution in [0.5, 0.6) is 0 Å². The molecule has 0 bridgehead atoms. The van der Waals surface area contributed by atoms with Crippen LogP contribution in [0.25, 0.3) is 0 Å². The molecule has 0 aromatic carbocycles. The molecule has 0 spiro atoms. The maximum absolute atomic E-state index is 10.8. The summed E-state index contributed by atoms with van der Waals surface area (Å²) in [6.07, 6.45) is -0.0291. The number of carbonyl (C=O) groups is 1. The Labute approximate surface area is 74.0 Å². The maximum Gasteiger partial charge on any atom is 0.508 e. The first-order valence-corrected chi connectivity index (χ1v) is 4.04. The van der Waals surface area contributed by atoms with Gasteiger partial charge in [0, 0.05) is 0 Å². The van der Waals surface area contributed by atoms with E-state index in [0.717, 1.165) is 0 Å². The summed E-state index contributed by atoms with van der Waals surface area (Å²) >= 11 is 0. The lowest BCUT2D eigenvalue weighted by molar-refractivity contribution is 0.0341. The Morgan fingerprint density at radius 3 is 2.33 bits per heavy atom. The van der Waals surface area contributed by atoms with Crippen molar-refractivity contribution in [2.45, 2.75) is 27.2 Å². The maximum atomic E-state index is 10.8. The Morgan fingerprint density at radius 1 is 1.33 bits per heavy atom. The van der Waals surface area contributed by atoms with Crippen molar-refractivity contribution in [1.82, 2.24) is 0 Å². The minimum atomic E-state index is -0.603. The van der Waals surface area contributed by atoms with Crippen molar-refractivity contribution >= 4 is 6.16 Å². The van der Waals surface area contributed by atoms with Crippen LogP contribution < -0.4 is 0 Å². The second-order valence-corrected chi connectivity index (χ2v) is 3.80. The third-order valence-corrected chi connectivity index (χ3v) is 0.987. The van der Waals surface area contributed by atoms with E-state index < -0.39 is 6.16 Å². The highest BCUT2D eigenvalue weighted by Gasteiger charge is 2.13. The summed E-state index contributed by atoms with van der Waals surface area (Å²) in [5.41, 5.74) is -0.0104. The van der Waals surface area contributed by atoms with Gasteiger partial charge in [0.05, 0.1) is 13.2 Å². The van der Waals surface area contributed by atoms with Gasteiger partial charge in [-0.2, -0.15) is 0 Å². The fourth-order valence-corrected chi connectivity index (χ4v) is 0.473. The molecule has 0 unspecified atom stereocenters. The van der Waals surface area contributed by atoms with E-state index in [1.165, 1.54) is 0 Å². The van der Waals surface area contributed by atoms with Gasteiger partial charge in [-0.1, -0.05) is 20.8 Å². The smallest absolute Gasteiger partial charge is 0.434 e. The third-order valence-electron chi connectivity index (χ3n) is 0.987. The second-order valence-electron chi connectivity index (χ2n) is 3.80. The molecule has 71 valence electrons. The Balaban J connectivity index is 3.44. The molecule has 0 aromatic rings. The third kappa shape index (κ3) is 7.38. The number of hydrogen-bond acceptors (Lipinski definition) is 3. The first kappa shape index (κ1) is 11.3. The fourth-order valence-electron chi connectivity index (χ4n) is 0.473. The number of hydrogen-bond donors (Lipinski definition) is 0. The van der Waals surface area contributed by atoms with Gasteiger partial charge in [-0.15, -0.1) is 0 Å². The summed E-state index contributed by atoms with van der Waals surface area (Å²) in [5, 5.41) is 0. The van der Waals surface area contributed by atoms with Gasteiger partial charge >= 0.3 is 6.16 Å². The van der Waals surface area contributed by atoms with Gasteiger partial charge in [0.15, 0.2) is 0 Å². The lowest BCUT2D eigenvalue weighted by Crippen LogP contribution is -2.19. The van der Waals surface area contributed by atoms with Crippen molar-refractivity contribution in [3.8, 4) is 0 Å². The van der Waals surface area contributed by atoms with Gasteiger partial charge in [0.1, 0.15) is 0 Å². The van der Waals surface area contributed by atoms with E-state index >= 15 is 0 Å². The topological polar surface area (TPSA) is 35.5 Å². The Bertz CT molecular complexity index is 135. The highest BCUT2D eigenvalue weighted by Crippen LogP contribution is 2.13. The van der Waals surface area contributed by atoms with E-state index in [1.54, 1.807) is 0 Å². The van der Waals surface area contributed by atoms with Gasteiger partial charge in [-0.25, -0.2) is 4.79 Å². The zero-order chi connectivity index (χ0) is 9.61. The monoisotopic (exact) mass is 173 g/mol. The summed E-state index contributed by atoms with van der Waals surface area (Å²) < 4.78 is 9.48. The van der Waals surface area contributed by atoms with Crippen molar-refractivity contribution < 1.29 is 14.3 Å². The van der Waals surface area contributed by atoms with Crippen LogP contribution in [0, 0.1) is 12.3 Å². The van der Waals surface area contributed by atoms with E-state index in [9.17, 15) is 4.79 Å². The first-order valence-electron chi connectivity index (χ1n) is 4.04. The molecule has 0 rings (SSSR count). The van der Waals surface area contributed by atoms with Crippen LogP contribution in [0.1, 0.15) is 27.2 Å². The number of ether oxygens (including phenoxy) is 2. The average molecular weight is 173 g/mol. The van der Waals surface area contributed by atoms with Crippen LogP contribution >= 0.6 is 0 Å². The summed E-state index contributed by atoms with van der Waals surface area (Å²) in [6.45, 7) is 10.2. The van der Waals surface area contributed by atoms with E-state index in [0.29, 0.717) is 19.6 Å². The highest BCUT2D eigenvalue weighted by molar-refractivity contribution is 5.59. The van der Waals surface area contributed by atoms with Gasteiger partial charge < -0.3 is 9.47 Å². The Morgan fingerprint density at radius 2 is 1.92 bits per heavy atom. The molecule has 3 nitrogen and oxygen atoms in total. The number of carbonyl (C=O) groups excluding carboxylic acids is 1. The average Bonchev–Trinajstić information content (AvgIpc) is 1.95. The summed E-state index contributed by atoms with van der Waals surface area (Å²) in [6, 6.07) is 0. The lowest BCUT2D eigenvalue weighted by Gasteiger charge is -2.17. The molecule has 0 aliphatic rings. The molecule has 0 aromatic heterocycles. The molecule has 0 aliphatic heterocycles. The van der Waals surface area contributed by atoms with E-state index in [1.807, 2.05) is 20.8 Å². The van der Waals surface area contributed by atoms with Crippen molar-refractivity contribution in [2.24, 2.45) is 5.41 Å². The molecule has 3 heteroatoms. The Hall–Kier alpha value is -0.730. The highest BCUT2D eigenvalue weighted by atomic mass is 16.7. The molecule has 0 saturated carbocycles. The minimum Gasteiger partial charge on any atom is -0.434 e. The van der Waals surface area contributed by atoms with Crippen LogP contribution in [0.4, 0.5) is 4.79 Å².